The summed E-state index contributed by atoms with van der Waals surface area (Å²) in [4.78, 5) is 0. The molecule has 0 aliphatic rings. The van der Waals surface area contributed by atoms with Gasteiger partial charge in [-0.2, -0.15) is 0 Å². The second kappa shape index (κ2) is 5.40. The summed E-state index contributed by atoms with van der Waals surface area (Å²) < 4.78 is 4.53. The first-order valence-corrected chi connectivity index (χ1v) is 2.44. The van der Waals surface area contributed by atoms with Gasteiger partial charge in [0.25, 0.3) is 0 Å². The summed E-state index contributed by atoms with van der Waals surface area (Å²) in [6, 6.07) is 0. The first-order chi connectivity index (χ1) is 2.91. The van der Waals surface area contributed by atoms with Crippen LogP contribution in [0.25, 0.3) is 0 Å². The fourth-order valence-corrected chi connectivity index (χ4v) is 0.303. The Labute approximate surface area is 46.3 Å². The Morgan fingerprint density at radius 1 is 1.83 bits per heavy atom. The van der Waals surface area contributed by atoms with Crippen LogP contribution in [0.2, 0.25) is 0 Å². The summed E-state index contributed by atoms with van der Waals surface area (Å²) in [6.07, 6.45) is 0. The smallest absolute Gasteiger partial charge is 0.0988 e. The predicted octanol–water partition coefficient (Wildman–Crippen LogP) is 0.532. The van der Waals surface area contributed by atoms with Crippen molar-refractivity contribution in [2.24, 2.45) is 0 Å². The van der Waals surface area contributed by atoms with Crippen LogP contribution < -0.4 is 5.32 Å². The third-order valence-electron chi connectivity index (χ3n) is 0.429. The molecule has 0 rings (SSSR count). The van der Waals surface area contributed by atoms with E-state index in [1.807, 2.05) is 7.05 Å². The maximum atomic E-state index is 4.53. The summed E-state index contributed by atoms with van der Waals surface area (Å²) in [5.41, 5.74) is 0. The van der Waals surface area contributed by atoms with Gasteiger partial charge in [0.05, 0.1) is 22.9 Å². The highest BCUT2D eigenvalue weighted by molar-refractivity contribution is 9.06. The van der Waals surface area contributed by atoms with Crippen LogP contribution >= 0.6 is 16.3 Å². The SMILES string of the molecule is CNCCOBr. The summed E-state index contributed by atoms with van der Waals surface area (Å²) in [5.74, 6) is 0. The fourth-order valence-electron chi connectivity index (χ4n) is 0.141. The fraction of sp³-hybridized carbons (Fsp3) is 1.00. The molecule has 0 amide bonds. The normalized spacial score (nSPS) is 9.00. The highest BCUT2D eigenvalue weighted by Gasteiger charge is 1.74. The second-order valence-corrected chi connectivity index (χ2v) is 1.37. The number of halogens is 1. The van der Waals surface area contributed by atoms with E-state index in [1.165, 1.54) is 0 Å². The van der Waals surface area contributed by atoms with Crippen LogP contribution in [-0.2, 0) is 3.83 Å². The molecule has 38 valence electrons. The van der Waals surface area contributed by atoms with Gasteiger partial charge in [-0.05, 0) is 7.05 Å². The van der Waals surface area contributed by atoms with Gasteiger partial charge < -0.3 is 9.15 Å². The topological polar surface area (TPSA) is 21.3 Å². The minimum absolute atomic E-state index is 0.719. The molecule has 0 saturated carbocycles. The van der Waals surface area contributed by atoms with Gasteiger partial charge in [-0.25, -0.2) is 0 Å². The Kier molecular flexibility index (Phi) is 5.76. The average molecular weight is 154 g/mol. The molecule has 2 nitrogen and oxygen atoms in total. The third-order valence-corrected chi connectivity index (χ3v) is 0.753. The van der Waals surface area contributed by atoms with E-state index >= 15 is 0 Å². The minimum Gasteiger partial charge on any atom is -0.317 e. The number of hydrogen-bond acceptors (Lipinski definition) is 2. The first-order valence-electron chi connectivity index (χ1n) is 1.80. The molecule has 0 aliphatic heterocycles. The molecule has 0 heterocycles. The summed E-state index contributed by atoms with van der Waals surface area (Å²) in [6.45, 7) is 1.61. The van der Waals surface area contributed by atoms with Crippen LogP contribution in [0.3, 0.4) is 0 Å². The predicted molar refractivity (Wildman–Crippen MR) is 28.8 cm³/mol. The van der Waals surface area contributed by atoms with Crippen molar-refractivity contribution < 1.29 is 3.83 Å². The van der Waals surface area contributed by atoms with Crippen LogP contribution in [0.15, 0.2) is 0 Å². The van der Waals surface area contributed by atoms with Gasteiger partial charge in [0.1, 0.15) is 0 Å². The molecular formula is C3H8BrNO. The van der Waals surface area contributed by atoms with Gasteiger partial charge in [0.15, 0.2) is 0 Å². The Bertz CT molecular complexity index is 22.8. The zero-order valence-corrected chi connectivity index (χ0v) is 5.29. The van der Waals surface area contributed by atoms with Crippen molar-refractivity contribution >= 4 is 16.3 Å². The largest absolute Gasteiger partial charge is 0.317 e. The van der Waals surface area contributed by atoms with Gasteiger partial charge in [-0.3, -0.25) is 0 Å². The quantitative estimate of drug-likeness (QED) is 0.598. The van der Waals surface area contributed by atoms with E-state index in [4.69, 9.17) is 0 Å². The Balaban J connectivity index is 2.34. The molecular weight excluding hydrogens is 146 g/mol. The lowest BCUT2D eigenvalue weighted by atomic mass is 10.7. The first kappa shape index (κ1) is 6.40. The monoisotopic (exact) mass is 153 g/mol. The van der Waals surface area contributed by atoms with E-state index in [2.05, 4.69) is 25.4 Å². The molecule has 0 aromatic rings. The molecule has 3 heteroatoms. The lowest BCUT2D eigenvalue weighted by Crippen LogP contribution is -2.11. The van der Waals surface area contributed by atoms with Crippen LogP contribution in [-0.4, -0.2) is 20.2 Å². The molecule has 0 atom stereocenters. The lowest BCUT2D eigenvalue weighted by molar-refractivity contribution is 0.394. The van der Waals surface area contributed by atoms with Crippen molar-refractivity contribution in [3.63, 3.8) is 0 Å². The van der Waals surface area contributed by atoms with E-state index in [1.54, 1.807) is 0 Å². The standard InChI is InChI=1S/C3H8BrNO/c1-5-2-3-6-4/h5H,2-3H2,1H3. The van der Waals surface area contributed by atoms with Gasteiger partial charge in [-0.1, -0.05) is 0 Å². The Morgan fingerprint density at radius 3 is 2.67 bits per heavy atom. The number of hydrogen-bond donors (Lipinski definition) is 1. The summed E-state index contributed by atoms with van der Waals surface area (Å²) >= 11 is 2.81. The zero-order valence-electron chi connectivity index (χ0n) is 3.70. The number of likely N-dealkylation sites (N-methyl/N-ethyl adjacent to an activating group) is 1. The van der Waals surface area contributed by atoms with Gasteiger partial charge in [0.2, 0.25) is 0 Å². The molecule has 6 heavy (non-hydrogen) atoms. The highest BCUT2D eigenvalue weighted by Crippen LogP contribution is 1.78. The van der Waals surface area contributed by atoms with Crippen LogP contribution in [0.5, 0.6) is 0 Å². The number of rotatable bonds is 3. The molecule has 0 radical (unpaired) electrons. The van der Waals surface area contributed by atoms with Crippen LogP contribution in [0.4, 0.5) is 0 Å². The molecule has 0 unspecified atom stereocenters. The van der Waals surface area contributed by atoms with Crippen molar-refractivity contribution in [2.45, 2.75) is 0 Å². The van der Waals surface area contributed by atoms with Crippen LogP contribution in [0.1, 0.15) is 0 Å². The summed E-state index contributed by atoms with van der Waals surface area (Å²) in [7, 11) is 1.88. The van der Waals surface area contributed by atoms with E-state index in [0.717, 1.165) is 13.2 Å². The van der Waals surface area contributed by atoms with Gasteiger partial charge in [-0.15, -0.1) is 0 Å². The van der Waals surface area contributed by atoms with E-state index in [0.29, 0.717) is 0 Å². The van der Waals surface area contributed by atoms with Crippen molar-refractivity contribution in [3.05, 3.63) is 0 Å². The lowest BCUT2D eigenvalue weighted by Gasteiger charge is -1.89. The maximum absolute atomic E-state index is 4.53. The Hall–Kier alpha value is 0.400. The molecule has 0 aliphatic carbocycles. The highest BCUT2D eigenvalue weighted by atomic mass is 79.9. The molecule has 0 aromatic heterocycles. The Morgan fingerprint density at radius 2 is 2.50 bits per heavy atom. The van der Waals surface area contributed by atoms with Crippen molar-refractivity contribution in [3.8, 4) is 0 Å². The van der Waals surface area contributed by atoms with Gasteiger partial charge in [0, 0.05) is 6.54 Å². The van der Waals surface area contributed by atoms with E-state index in [9.17, 15) is 0 Å². The van der Waals surface area contributed by atoms with Crippen molar-refractivity contribution in [1.82, 2.24) is 5.32 Å². The van der Waals surface area contributed by atoms with Crippen molar-refractivity contribution in [1.29, 1.82) is 0 Å². The van der Waals surface area contributed by atoms with Crippen molar-refractivity contribution in [2.75, 3.05) is 20.2 Å². The molecule has 0 fully saturated rings. The van der Waals surface area contributed by atoms with Gasteiger partial charge >= 0.3 is 0 Å². The summed E-state index contributed by atoms with van der Waals surface area (Å²) in [5, 5.41) is 2.91. The zero-order chi connectivity index (χ0) is 4.83. The molecule has 0 spiro atoms. The number of nitrogens with one attached hydrogen (secondary N) is 1. The van der Waals surface area contributed by atoms with Crippen LogP contribution in [0, 0.1) is 0 Å². The maximum Gasteiger partial charge on any atom is 0.0988 e. The second-order valence-electron chi connectivity index (χ2n) is 0.917. The van der Waals surface area contributed by atoms with E-state index < -0.39 is 0 Å². The molecule has 0 saturated heterocycles. The third kappa shape index (κ3) is 4.40. The van der Waals surface area contributed by atoms with E-state index in [-0.39, 0.29) is 0 Å². The molecule has 0 aromatic carbocycles. The molecule has 1 N–H and O–H groups in total. The minimum atomic E-state index is 0.719. The average Bonchev–Trinajstić information content (AvgIpc) is 1.61. The molecule has 0 bridgehead atoms.